The summed E-state index contributed by atoms with van der Waals surface area (Å²) in [5.41, 5.74) is 0. The summed E-state index contributed by atoms with van der Waals surface area (Å²) in [6.07, 6.45) is 8.75. The van der Waals surface area contributed by atoms with Gasteiger partial charge in [0.25, 0.3) is 0 Å². The van der Waals surface area contributed by atoms with Gasteiger partial charge in [0, 0.05) is 64.3 Å². The first-order valence-corrected chi connectivity index (χ1v) is 12.5. The van der Waals surface area contributed by atoms with E-state index in [-0.39, 0.29) is 24.0 Å². The fourth-order valence-electron chi connectivity index (χ4n) is 4.89. The van der Waals surface area contributed by atoms with Gasteiger partial charge in [0.15, 0.2) is 5.96 Å². The van der Waals surface area contributed by atoms with Crippen molar-refractivity contribution in [2.75, 3.05) is 65.4 Å². The number of halogens is 1. The number of nitrogens with zero attached hydrogens (tertiary/aromatic N) is 4. The standard InChI is InChI=1S/C23H44N6O.HI/c1-3-21-10-5-6-13-28(21)15-12-26-23(24-4-2)25-11-14-27-16-18-29(19-17-27)22(30)20-8-7-9-20;/h20-21H,3-19H2,1-2H3,(H2,24,25,26);1H. The van der Waals surface area contributed by atoms with Gasteiger partial charge in [-0.05, 0) is 45.6 Å². The number of carbonyl (C=O) groups excluding carboxylic acids is 1. The number of nitrogens with one attached hydrogen (secondary N) is 2. The minimum Gasteiger partial charge on any atom is -0.357 e. The molecular weight excluding hydrogens is 503 g/mol. The molecule has 7 nitrogen and oxygen atoms in total. The third-order valence-electron chi connectivity index (χ3n) is 7.08. The molecule has 0 aromatic rings. The predicted octanol–water partition coefficient (Wildman–Crippen LogP) is 2.37. The van der Waals surface area contributed by atoms with Gasteiger partial charge in [0.1, 0.15) is 0 Å². The smallest absolute Gasteiger partial charge is 0.225 e. The summed E-state index contributed by atoms with van der Waals surface area (Å²) in [6.45, 7) is 14.1. The van der Waals surface area contributed by atoms with Gasteiger partial charge in [-0.25, -0.2) is 0 Å². The Balaban J connectivity index is 0.00000341. The average Bonchev–Trinajstić information content (AvgIpc) is 2.73. The van der Waals surface area contributed by atoms with Crippen LogP contribution in [0.5, 0.6) is 0 Å². The topological polar surface area (TPSA) is 63.2 Å². The Bertz CT molecular complexity index is 548. The summed E-state index contributed by atoms with van der Waals surface area (Å²) in [5, 5.41) is 6.88. The van der Waals surface area contributed by atoms with Gasteiger partial charge in [0.05, 0.1) is 6.54 Å². The molecule has 3 aliphatic rings. The van der Waals surface area contributed by atoms with E-state index >= 15 is 0 Å². The van der Waals surface area contributed by atoms with Crippen molar-refractivity contribution in [3.63, 3.8) is 0 Å². The zero-order valence-corrected chi connectivity index (χ0v) is 22.1. The maximum Gasteiger partial charge on any atom is 0.225 e. The molecule has 180 valence electrons. The van der Waals surface area contributed by atoms with E-state index in [1.165, 1.54) is 38.6 Å². The van der Waals surface area contributed by atoms with Crippen LogP contribution < -0.4 is 10.6 Å². The van der Waals surface area contributed by atoms with E-state index in [9.17, 15) is 4.79 Å². The van der Waals surface area contributed by atoms with Crippen molar-refractivity contribution in [2.45, 2.75) is 64.8 Å². The number of hydrogen-bond acceptors (Lipinski definition) is 4. The minimum absolute atomic E-state index is 0. The number of carbonyl (C=O) groups is 1. The molecule has 0 bridgehead atoms. The molecule has 2 aliphatic heterocycles. The number of piperidine rings is 1. The molecule has 31 heavy (non-hydrogen) atoms. The number of rotatable bonds is 9. The quantitative estimate of drug-likeness (QED) is 0.263. The van der Waals surface area contributed by atoms with Crippen LogP contribution in [0.1, 0.15) is 58.8 Å². The lowest BCUT2D eigenvalue weighted by molar-refractivity contribution is -0.139. The van der Waals surface area contributed by atoms with Crippen LogP contribution in [0.25, 0.3) is 0 Å². The van der Waals surface area contributed by atoms with Gasteiger partial charge < -0.3 is 15.5 Å². The maximum atomic E-state index is 12.4. The Labute approximate surface area is 206 Å². The summed E-state index contributed by atoms with van der Waals surface area (Å²) in [4.78, 5) is 24.4. The van der Waals surface area contributed by atoms with Crippen molar-refractivity contribution in [2.24, 2.45) is 10.9 Å². The molecule has 2 saturated heterocycles. The van der Waals surface area contributed by atoms with E-state index in [0.29, 0.717) is 11.8 Å². The monoisotopic (exact) mass is 548 g/mol. The van der Waals surface area contributed by atoms with Crippen molar-refractivity contribution in [3.05, 3.63) is 0 Å². The SMILES string of the molecule is CCNC(=NCCN1CCCCC1CC)NCCN1CCN(C(=O)C2CCC2)CC1.I. The Kier molecular flexibility index (Phi) is 12.5. The Morgan fingerprint density at radius 1 is 0.935 bits per heavy atom. The predicted molar refractivity (Wildman–Crippen MR) is 139 cm³/mol. The summed E-state index contributed by atoms with van der Waals surface area (Å²) < 4.78 is 0. The minimum atomic E-state index is 0. The molecule has 3 rings (SSSR count). The second-order valence-corrected chi connectivity index (χ2v) is 9.08. The average molecular weight is 549 g/mol. The van der Waals surface area contributed by atoms with Crippen molar-refractivity contribution in [1.29, 1.82) is 0 Å². The van der Waals surface area contributed by atoms with E-state index in [0.717, 1.165) is 83.7 Å². The third kappa shape index (κ3) is 8.35. The number of piperazine rings is 1. The van der Waals surface area contributed by atoms with Crippen LogP contribution in [-0.2, 0) is 4.79 Å². The molecule has 0 radical (unpaired) electrons. The first-order chi connectivity index (χ1) is 14.7. The molecule has 1 amide bonds. The Hall–Kier alpha value is -0.610. The van der Waals surface area contributed by atoms with Gasteiger partial charge in [-0.3, -0.25) is 19.6 Å². The van der Waals surface area contributed by atoms with Crippen molar-refractivity contribution >= 4 is 35.8 Å². The van der Waals surface area contributed by atoms with E-state index in [2.05, 4.69) is 39.2 Å². The van der Waals surface area contributed by atoms with Crippen LogP contribution in [0.15, 0.2) is 4.99 Å². The van der Waals surface area contributed by atoms with Gasteiger partial charge >= 0.3 is 0 Å². The van der Waals surface area contributed by atoms with Crippen molar-refractivity contribution < 1.29 is 4.79 Å². The van der Waals surface area contributed by atoms with Crippen LogP contribution in [0.2, 0.25) is 0 Å². The van der Waals surface area contributed by atoms with Crippen LogP contribution in [-0.4, -0.2) is 98.1 Å². The molecule has 0 aromatic heterocycles. The molecule has 0 spiro atoms. The molecule has 1 saturated carbocycles. The summed E-state index contributed by atoms with van der Waals surface area (Å²) >= 11 is 0. The summed E-state index contributed by atoms with van der Waals surface area (Å²) in [6, 6.07) is 0.749. The lowest BCUT2D eigenvalue weighted by Gasteiger charge is -2.38. The molecular formula is C23H45IN6O. The zero-order chi connectivity index (χ0) is 21.2. The number of guanidine groups is 1. The second-order valence-electron chi connectivity index (χ2n) is 9.08. The van der Waals surface area contributed by atoms with Crippen molar-refractivity contribution in [1.82, 2.24) is 25.3 Å². The second kappa shape index (κ2) is 14.5. The first kappa shape index (κ1) is 26.6. The lowest BCUT2D eigenvalue weighted by atomic mass is 9.84. The van der Waals surface area contributed by atoms with Crippen LogP contribution >= 0.6 is 24.0 Å². The normalized spacial score (nSPS) is 23.7. The molecule has 3 fully saturated rings. The van der Waals surface area contributed by atoms with E-state index < -0.39 is 0 Å². The lowest BCUT2D eigenvalue weighted by Crippen LogP contribution is -2.52. The fourth-order valence-corrected chi connectivity index (χ4v) is 4.89. The molecule has 2 heterocycles. The largest absolute Gasteiger partial charge is 0.357 e. The van der Waals surface area contributed by atoms with Gasteiger partial charge in [-0.15, -0.1) is 24.0 Å². The van der Waals surface area contributed by atoms with Gasteiger partial charge in [0.2, 0.25) is 5.91 Å². The highest BCUT2D eigenvalue weighted by Gasteiger charge is 2.31. The molecule has 8 heteroatoms. The summed E-state index contributed by atoms with van der Waals surface area (Å²) in [5.74, 6) is 1.66. The van der Waals surface area contributed by atoms with Crippen LogP contribution in [0, 0.1) is 5.92 Å². The van der Waals surface area contributed by atoms with Gasteiger partial charge in [-0.1, -0.05) is 19.8 Å². The highest BCUT2D eigenvalue weighted by molar-refractivity contribution is 14.0. The molecule has 1 aliphatic carbocycles. The maximum absolute atomic E-state index is 12.4. The Morgan fingerprint density at radius 3 is 2.35 bits per heavy atom. The molecule has 1 unspecified atom stereocenters. The fraction of sp³-hybridized carbons (Fsp3) is 0.913. The summed E-state index contributed by atoms with van der Waals surface area (Å²) in [7, 11) is 0. The highest BCUT2D eigenvalue weighted by Crippen LogP contribution is 2.28. The molecule has 1 atom stereocenters. The van der Waals surface area contributed by atoms with E-state index in [1.807, 2.05) is 0 Å². The molecule has 0 aromatic carbocycles. The highest BCUT2D eigenvalue weighted by atomic mass is 127. The zero-order valence-electron chi connectivity index (χ0n) is 19.8. The van der Waals surface area contributed by atoms with Crippen molar-refractivity contribution in [3.8, 4) is 0 Å². The molecule has 2 N–H and O–H groups in total. The van der Waals surface area contributed by atoms with Crippen LogP contribution in [0.4, 0.5) is 0 Å². The number of hydrogen-bond donors (Lipinski definition) is 2. The first-order valence-electron chi connectivity index (χ1n) is 12.5. The van der Waals surface area contributed by atoms with E-state index in [4.69, 9.17) is 4.99 Å². The Morgan fingerprint density at radius 2 is 1.71 bits per heavy atom. The van der Waals surface area contributed by atoms with E-state index in [1.54, 1.807) is 0 Å². The number of amides is 1. The van der Waals surface area contributed by atoms with Gasteiger partial charge in [-0.2, -0.15) is 0 Å². The number of aliphatic imine (C=N–C) groups is 1. The number of likely N-dealkylation sites (tertiary alicyclic amines) is 1. The van der Waals surface area contributed by atoms with Crippen LogP contribution in [0.3, 0.4) is 0 Å². The third-order valence-corrected chi connectivity index (χ3v) is 7.08.